The van der Waals surface area contributed by atoms with E-state index >= 15 is 0 Å². The van der Waals surface area contributed by atoms with E-state index in [0.29, 0.717) is 34.6 Å². The molecule has 0 saturated carbocycles. The molecule has 8 nitrogen and oxygen atoms in total. The molecule has 2 aromatic carbocycles. The van der Waals surface area contributed by atoms with Crippen LogP contribution in [0, 0.1) is 6.92 Å². The second-order valence-corrected chi connectivity index (χ2v) is 7.25. The molecule has 31 heavy (non-hydrogen) atoms. The maximum atomic E-state index is 12.1. The van der Waals surface area contributed by atoms with Crippen LogP contribution < -0.4 is 4.90 Å². The van der Waals surface area contributed by atoms with Crippen molar-refractivity contribution < 1.29 is 10.6 Å². The Morgan fingerprint density at radius 1 is 0.968 bits per heavy atom. The number of amides is 1. The van der Waals surface area contributed by atoms with Crippen LogP contribution in [0.25, 0.3) is 22.8 Å². The molecule has 0 unspecified atom stereocenters. The Labute approximate surface area is 181 Å². The summed E-state index contributed by atoms with van der Waals surface area (Å²) in [5, 5.41) is 8.33. The van der Waals surface area contributed by atoms with E-state index in [1.165, 1.54) is 0 Å². The zero-order chi connectivity index (χ0) is 22.0. The van der Waals surface area contributed by atoms with Crippen molar-refractivity contribution in [2.24, 2.45) is 0 Å². The summed E-state index contributed by atoms with van der Waals surface area (Å²) in [6.45, 7) is 1.84. The Morgan fingerprint density at radius 3 is 2.35 bits per heavy atom. The highest BCUT2D eigenvalue weighted by Gasteiger charge is 2.18. The molecule has 0 aliphatic heterocycles. The molecule has 0 radical (unpaired) electrons. The van der Waals surface area contributed by atoms with Gasteiger partial charge < -0.3 is 9.32 Å². The highest BCUT2D eigenvalue weighted by Crippen LogP contribution is 2.28. The molecule has 2 aromatic heterocycles. The minimum absolute atomic E-state index is 0. The van der Waals surface area contributed by atoms with Crippen LogP contribution in [0.4, 0.5) is 11.7 Å². The van der Waals surface area contributed by atoms with E-state index in [9.17, 15) is 4.79 Å². The van der Waals surface area contributed by atoms with Crippen molar-refractivity contribution in [1.29, 1.82) is 0 Å². The summed E-state index contributed by atoms with van der Waals surface area (Å²) < 4.78 is 5.89. The fourth-order valence-corrected chi connectivity index (χ4v) is 3.04. The maximum Gasteiger partial charge on any atom is 0.322 e. The number of hydrogen-bond donors (Lipinski definition) is 0. The summed E-state index contributed by atoms with van der Waals surface area (Å²) in [6, 6.07) is 17.4. The Bertz CT molecular complexity index is 1210. The third kappa shape index (κ3) is 4.13. The van der Waals surface area contributed by atoms with Crippen LogP contribution in [0.1, 0.15) is 17.5 Å². The first kappa shape index (κ1) is 20.2. The zero-order valence-corrected chi connectivity index (χ0v) is 17.8. The Kier molecular flexibility index (Phi) is 5.44. The molecule has 4 aromatic rings. The van der Waals surface area contributed by atoms with Crippen molar-refractivity contribution in [2.75, 3.05) is 26.0 Å². The van der Waals surface area contributed by atoms with Crippen LogP contribution in [0.5, 0.6) is 0 Å². The normalized spacial score (nSPS) is 10.7. The van der Waals surface area contributed by atoms with Crippen LogP contribution in [-0.2, 0) is 0 Å². The molecule has 0 N–H and O–H groups in total. The fraction of sp³-hybridized carbons (Fsp3) is 0.174. The molecule has 158 valence electrons. The fourth-order valence-electron chi connectivity index (χ4n) is 3.04. The number of carbonyl (C=O) groups excluding carboxylic acids is 1. The summed E-state index contributed by atoms with van der Waals surface area (Å²) in [4.78, 5) is 24.6. The molecule has 8 heteroatoms. The number of benzene rings is 2. The number of aryl methyl sites for hydroxylation is 1. The number of carbonyl (C=O) groups is 1. The van der Waals surface area contributed by atoms with Gasteiger partial charge in [-0.3, -0.25) is 14.7 Å². The molecule has 0 aliphatic rings. The summed E-state index contributed by atoms with van der Waals surface area (Å²) >= 11 is 0. The van der Waals surface area contributed by atoms with Gasteiger partial charge in [0.2, 0.25) is 0 Å². The van der Waals surface area contributed by atoms with E-state index in [0.717, 1.165) is 11.3 Å². The van der Waals surface area contributed by atoms with E-state index in [4.69, 9.17) is 9.40 Å². The summed E-state index contributed by atoms with van der Waals surface area (Å²) in [5.74, 6) is 0.243. The predicted molar refractivity (Wildman–Crippen MR) is 120 cm³/mol. The molecule has 0 aliphatic carbocycles. The molecular weight excluding hydrogens is 392 g/mol. The lowest BCUT2D eigenvalue weighted by Gasteiger charge is -2.13. The lowest BCUT2D eigenvalue weighted by molar-refractivity contribution is 0.0827. The van der Waals surface area contributed by atoms with Gasteiger partial charge in [-0.1, -0.05) is 35.4 Å². The number of para-hydroxylation sites is 1. The summed E-state index contributed by atoms with van der Waals surface area (Å²) in [7, 11) is 5.31. The SMILES string of the molecule is Cc1ncc(-c2ccc(C(=O)N(C)C)cc2)nc1-c1nnc(N(C)c2ccccc2)o1.[HH]. The van der Waals surface area contributed by atoms with Crippen molar-refractivity contribution in [1.82, 2.24) is 25.1 Å². The lowest BCUT2D eigenvalue weighted by Crippen LogP contribution is -2.21. The van der Waals surface area contributed by atoms with Crippen molar-refractivity contribution >= 4 is 17.6 Å². The minimum Gasteiger partial charge on any atom is -0.401 e. The molecule has 0 fully saturated rings. The van der Waals surface area contributed by atoms with Crippen molar-refractivity contribution in [3.63, 3.8) is 0 Å². The topological polar surface area (TPSA) is 88.2 Å². The average Bonchev–Trinajstić information content (AvgIpc) is 3.29. The molecule has 0 atom stereocenters. The number of nitrogens with zero attached hydrogens (tertiary/aromatic N) is 6. The molecule has 4 rings (SSSR count). The molecule has 2 heterocycles. The quantitative estimate of drug-likeness (QED) is 0.481. The van der Waals surface area contributed by atoms with E-state index in [1.807, 2.05) is 61.3 Å². The van der Waals surface area contributed by atoms with Gasteiger partial charge in [0.1, 0.15) is 5.69 Å². The van der Waals surface area contributed by atoms with Crippen LogP contribution in [-0.4, -0.2) is 52.1 Å². The van der Waals surface area contributed by atoms with Crippen LogP contribution in [0.15, 0.2) is 65.2 Å². The first-order chi connectivity index (χ1) is 14.9. The Morgan fingerprint density at radius 2 is 1.68 bits per heavy atom. The number of hydrogen-bond acceptors (Lipinski definition) is 7. The van der Waals surface area contributed by atoms with Crippen molar-refractivity contribution in [3.05, 3.63) is 72.1 Å². The van der Waals surface area contributed by atoms with Gasteiger partial charge in [-0.2, -0.15) is 0 Å². The highest BCUT2D eigenvalue weighted by molar-refractivity contribution is 5.94. The standard InChI is InChI=1S/C23H22N6O2.H2/c1-15-20(21-26-27-23(31-21)29(4)18-8-6-5-7-9-18)25-19(14-24-15)16-10-12-17(13-11-16)22(30)28(2)3;/h5-14H,1-4H3;1H. The third-order valence-corrected chi connectivity index (χ3v) is 4.84. The van der Waals surface area contributed by atoms with Gasteiger partial charge in [-0.25, -0.2) is 4.98 Å². The van der Waals surface area contributed by atoms with E-state index < -0.39 is 0 Å². The maximum absolute atomic E-state index is 12.1. The second kappa shape index (κ2) is 8.35. The minimum atomic E-state index is -0.0526. The largest absolute Gasteiger partial charge is 0.401 e. The summed E-state index contributed by atoms with van der Waals surface area (Å²) in [5.41, 5.74) is 4.24. The monoisotopic (exact) mass is 416 g/mol. The van der Waals surface area contributed by atoms with Gasteiger partial charge in [0.25, 0.3) is 11.8 Å². The van der Waals surface area contributed by atoms with Crippen LogP contribution in [0.2, 0.25) is 0 Å². The van der Waals surface area contributed by atoms with E-state index in [-0.39, 0.29) is 7.33 Å². The molecule has 0 bridgehead atoms. The van der Waals surface area contributed by atoms with Crippen LogP contribution >= 0.6 is 0 Å². The first-order valence-electron chi connectivity index (χ1n) is 9.72. The zero-order valence-electron chi connectivity index (χ0n) is 17.8. The van der Waals surface area contributed by atoms with Gasteiger partial charge in [-0.05, 0) is 31.2 Å². The van der Waals surface area contributed by atoms with Gasteiger partial charge in [-0.15, -0.1) is 5.10 Å². The number of anilines is 2. The van der Waals surface area contributed by atoms with Gasteiger partial charge >= 0.3 is 6.01 Å². The Balaban J connectivity index is 0.00000289. The summed E-state index contributed by atoms with van der Waals surface area (Å²) in [6.07, 6.45) is 1.69. The van der Waals surface area contributed by atoms with E-state index in [2.05, 4.69) is 15.2 Å². The predicted octanol–water partition coefficient (Wildman–Crippen LogP) is 4.22. The Hall–Kier alpha value is -4.07. The smallest absolute Gasteiger partial charge is 0.322 e. The van der Waals surface area contributed by atoms with Crippen molar-refractivity contribution in [2.45, 2.75) is 6.92 Å². The molecule has 1 amide bonds. The molecule has 0 saturated heterocycles. The van der Waals surface area contributed by atoms with Gasteiger partial charge in [0.05, 0.1) is 17.6 Å². The molecular formula is C23H24N6O2. The van der Waals surface area contributed by atoms with E-state index in [1.54, 1.807) is 37.3 Å². The third-order valence-electron chi connectivity index (χ3n) is 4.84. The number of rotatable bonds is 5. The second-order valence-electron chi connectivity index (χ2n) is 7.25. The average molecular weight is 416 g/mol. The first-order valence-corrected chi connectivity index (χ1v) is 9.72. The van der Waals surface area contributed by atoms with Crippen molar-refractivity contribution in [3.8, 4) is 22.8 Å². The van der Waals surface area contributed by atoms with Gasteiger partial charge in [0.15, 0.2) is 0 Å². The van der Waals surface area contributed by atoms with Crippen LogP contribution in [0.3, 0.4) is 0 Å². The number of aromatic nitrogens is 4. The van der Waals surface area contributed by atoms with Gasteiger partial charge in [0, 0.05) is 39.4 Å². The lowest BCUT2D eigenvalue weighted by atomic mass is 10.1. The molecule has 0 spiro atoms. The highest BCUT2D eigenvalue weighted by atomic mass is 16.4.